The van der Waals surface area contributed by atoms with Gasteiger partial charge in [-0.25, -0.2) is 0 Å². The molecular formula is C20H30N6O. The molecule has 27 heavy (non-hydrogen) atoms. The summed E-state index contributed by atoms with van der Waals surface area (Å²) in [4.78, 5) is 4.36. The highest BCUT2D eigenvalue weighted by Crippen LogP contribution is 2.15. The van der Waals surface area contributed by atoms with Gasteiger partial charge >= 0.3 is 0 Å². The zero-order chi connectivity index (χ0) is 19.9. The quantitative estimate of drug-likeness (QED) is 0.276. The Morgan fingerprint density at radius 1 is 1.00 bits per heavy atom. The third-order valence-electron chi connectivity index (χ3n) is 3.44. The van der Waals surface area contributed by atoms with Crippen LogP contribution in [0, 0.1) is 5.41 Å². The Morgan fingerprint density at radius 3 is 2.22 bits per heavy atom. The van der Waals surface area contributed by atoms with Crippen LogP contribution in [0.3, 0.4) is 0 Å². The van der Waals surface area contributed by atoms with Gasteiger partial charge < -0.3 is 27.3 Å². The molecule has 2 aromatic rings. The Labute approximate surface area is 161 Å². The summed E-state index contributed by atoms with van der Waals surface area (Å²) < 4.78 is 5.40. The van der Waals surface area contributed by atoms with Gasteiger partial charge in [0.15, 0.2) is 11.9 Å². The summed E-state index contributed by atoms with van der Waals surface area (Å²) in [5.41, 5.74) is 17.1. The Bertz CT molecular complexity index is 681. The van der Waals surface area contributed by atoms with Crippen LogP contribution in [-0.4, -0.2) is 25.1 Å². The van der Waals surface area contributed by atoms with Crippen molar-refractivity contribution in [1.29, 1.82) is 5.41 Å². The number of ether oxygens (including phenoxy) is 1. The minimum Gasteiger partial charge on any atom is -0.494 e. The highest BCUT2D eigenvalue weighted by atomic mass is 16.5. The summed E-state index contributed by atoms with van der Waals surface area (Å²) in [5, 5.41) is 9.15. The summed E-state index contributed by atoms with van der Waals surface area (Å²) in [6.45, 7) is 3.37. The van der Waals surface area contributed by atoms with Crippen molar-refractivity contribution in [3.8, 4) is 5.75 Å². The third-order valence-corrected chi connectivity index (χ3v) is 3.44. The fourth-order valence-electron chi connectivity index (χ4n) is 2.27. The lowest BCUT2D eigenvalue weighted by atomic mass is 10.1. The number of anilines is 1. The summed E-state index contributed by atoms with van der Waals surface area (Å²) in [5.74, 6) is 0.975. The second-order valence-electron chi connectivity index (χ2n) is 5.75. The lowest BCUT2D eigenvalue weighted by molar-refractivity contribution is 0.340. The molecule has 0 atom stereocenters. The minimum absolute atomic E-state index is 0.333. The maximum absolute atomic E-state index is 6.06. The highest BCUT2D eigenvalue weighted by molar-refractivity contribution is 5.92. The molecular weight excluding hydrogens is 340 g/mol. The molecule has 2 rings (SSSR count). The van der Waals surface area contributed by atoms with E-state index in [9.17, 15) is 0 Å². The van der Waals surface area contributed by atoms with Crippen LogP contribution >= 0.6 is 0 Å². The molecule has 0 bridgehead atoms. The first-order valence-electron chi connectivity index (χ1n) is 8.94. The molecule has 146 valence electrons. The minimum atomic E-state index is -0.333. The normalized spacial score (nSPS) is 10.5. The van der Waals surface area contributed by atoms with Gasteiger partial charge in [-0.2, -0.15) is 0 Å². The SMILES string of the molecule is CCOc1ccc(NC(N)=NCCCCc2ccccc2)cc1.N=C(N)N. The predicted molar refractivity (Wildman–Crippen MR) is 113 cm³/mol. The molecule has 0 aliphatic rings. The van der Waals surface area contributed by atoms with Crippen molar-refractivity contribution in [2.75, 3.05) is 18.5 Å². The van der Waals surface area contributed by atoms with Crippen molar-refractivity contribution < 1.29 is 4.74 Å². The van der Waals surface area contributed by atoms with Gasteiger partial charge in [-0.15, -0.1) is 0 Å². The van der Waals surface area contributed by atoms with Crippen LogP contribution in [-0.2, 0) is 6.42 Å². The maximum atomic E-state index is 6.06. The molecule has 0 radical (unpaired) electrons. The summed E-state index contributed by atoms with van der Waals surface area (Å²) in [6.07, 6.45) is 3.23. The number of nitrogens with two attached hydrogens (primary N) is 3. The average Bonchev–Trinajstić information content (AvgIpc) is 2.64. The van der Waals surface area contributed by atoms with Crippen LogP contribution in [0.25, 0.3) is 0 Å². The van der Waals surface area contributed by atoms with Gasteiger partial charge in [0.25, 0.3) is 0 Å². The number of guanidine groups is 2. The highest BCUT2D eigenvalue weighted by Gasteiger charge is 1.97. The van der Waals surface area contributed by atoms with Gasteiger partial charge in [0.1, 0.15) is 5.75 Å². The average molecular weight is 371 g/mol. The number of hydrogen-bond acceptors (Lipinski definition) is 3. The number of nitrogens with zero attached hydrogens (tertiary/aromatic N) is 1. The van der Waals surface area contributed by atoms with Gasteiger partial charge in [-0.1, -0.05) is 30.3 Å². The van der Waals surface area contributed by atoms with E-state index in [0.29, 0.717) is 12.6 Å². The van der Waals surface area contributed by atoms with Gasteiger partial charge in [0, 0.05) is 12.2 Å². The van der Waals surface area contributed by atoms with Crippen LogP contribution in [0.2, 0.25) is 0 Å². The van der Waals surface area contributed by atoms with E-state index in [1.165, 1.54) is 5.56 Å². The van der Waals surface area contributed by atoms with Crippen molar-refractivity contribution in [2.45, 2.75) is 26.2 Å². The van der Waals surface area contributed by atoms with E-state index in [4.69, 9.17) is 15.9 Å². The molecule has 0 amide bonds. The largest absolute Gasteiger partial charge is 0.494 e. The number of benzene rings is 2. The van der Waals surface area contributed by atoms with Crippen molar-refractivity contribution in [3.05, 3.63) is 60.2 Å². The zero-order valence-corrected chi connectivity index (χ0v) is 15.8. The van der Waals surface area contributed by atoms with Crippen LogP contribution < -0.4 is 27.3 Å². The molecule has 8 N–H and O–H groups in total. The summed E-state index contributed by atoms with van der Waals surface area (Å²) in [6, 6.07) is 18.2. The van der Waals surface area contributed by atoms with E-state index < -0.39 is 0 Å². The summed E-state index contributed by atoms with van der Waals surface area (Å²) >= 11 is 0. The standard InChI is InChI=1S/C19H25N3O.CH5N3/c1-2-23-18-13-11-17(12-14-18)22-19(20)21-15-7-6-10-16-8-4-3-5-9-16;2-1(3)4/h3-5,8-9,11-14H,2,6-7,10,15H2,1H3,(H3,20,21,22);(H5,2,3,4). The fourth-order valence-corrected chi connectivity index (χ4v) is 2.27. The Balaban J connectivity index is 0.000000828. The van der Waals surface area contributed by atoms with Crippen LogP contribution in [0.4, 0.5) is 5.69 Å². The number of unbranched alkanes of at least 4 members (excludes halogenated alkanes) is 1. The maximum Gasteiger partial charge on any atom is 0.193 e. The van der Waals surface area contributed by atoms with Gasteiger partial charge in [-0.05, 0) is 56.0 Å². The van der Waals surface area contributed by atoms with E-state index in [1.54, 1.807) is 0 Å². The Hall–Kier alpha value is -3.22. The number of nitrogens with one attached hydrogen (secondary N) is 2. The molecule has 0 fully saturated rings. The second-order valence-corrected chi connectivity index (χ2v) is 5.75. The smallest absolute Gasteiger partial charge is 0.193 e. The molecule has 7 nitrogen and oxygen atoms in total. The first-order valence-corrected chi connectivity index (χ1v) is 8.94. The molecule has 0 saturated heterocycles. The van der Waals surface area contributed by atoms with Gasteiger partial charge in [0.05, 0.1) is 6.61 Å². The molecule has 0 saturated carbocycles. The molecule has 7 heteroatoms. The predicted octanol–water partition coefficient (Wildman–Crippen LogP) is 2.67. The summed E-state index contributed by atoms with van der Waals surface area (Å²) in [7, 11) is 0. The molecule has 0 aliphatic heterocycles. The number of aryl methyl sites for hydroxylation is 1. The lowest BCUT2D eigenvalue weighted by Gasteiger charge is -2.07. The molecule has 0 aliphatic carbocycles. The molecule has 2 aromatic carbocycles. The van der Waals surface area contributed by atoms with E-state index in [0.717, 1.165) is 37.2 Å². The number of hydrogen-bond donors (Lipinski definition) is 5. The number of aliphatic imine (C=N–C) groups is 1. The number of rotatable bonds is 8. The van der Waals surface area contributed by atoms with Crippen molar-refractivity contribution >= 4 is 17.6 Å². The Morgan fingerprint density at radius 2 is 1.63 bits per heavy atom. The Kier molecular flexibility index (Phi) is 10.5. The van der Waals surface area contributed by atoms with Crippen molar-refractivity contribution in [2.24, 2.45) is 22.2 Å². The molecule has 0 spiro atoms. The van der Waals surface area contributed by atoms with Gasteiger partial charge in [0.2, 0.25) is 0 Å². The molecule has 0 aromatic heterocycles. The monoisotopic (exact) mass is 370 g/mol. The van der Waals surface area contributed by atoms with E-state index in [-0.39, 0.29) is 5.96 Å². The molecule has 0 heterocycles. The van der Waals surface area contributed by atoms with Crippen molar-refractivity contribution in [1.82, 2.24) is 0 Å². The van der Waals surface area contributed by atoms with Crippen LogP contribution in [0.1, 0.15) is 25.3 Å². The van der Waals surface area contributed by atoms with Crippen LogP contribution in [0.15, 0.2) is 59.6 Å². The second kappa shape index (κ2) is 13.0. The van der Waals surface area contributed by atoms with E-state index in [1.807, 2.05) is 37.3 Å². The zero-order valence-electron chi connectivity index (χ0n) is 15.8. The van der Waals surface area contributed by atoms with E-state index in [2.05, 4.69) is 46.0 Å². The first-order chi connectivity index (χ1) is 13.0. The lowest BCUT2D eigenvalue weighted by Crippen LogP contribution is -2.22. The van der Waals surface area contributed by atoms with Crippen molar-refractivity contribution in [3.63, 3.8) is 0 Å². The fraction of sp³-hybridized carbons (Fsp3) is 0.300. The topological polar surface area (TPSA) is 136 Å². The molecule has 0 unspecified atom stereocenters. The third kappa shape index (κ3) is 11.1. The van der Waals surface area contributed by atoms with E-state index >= 15 is 0 Å². The first kappa shape index (κ1) is 21.8. The van der Waals surface area contributed by atoms with Gasteiger partial charge in [-0.3, -0.25) is 10.4 Å². The van der Waals surface area contributed by atoms with Crippen LogP contribution in [0.5, 0.6) is 5.75 Å².